The Labute approximate surface area is 272 Å². The molecule has 12 heteroatoms. The Hall–Kier alpha value is -5.75. The summed E-state index contributed by atoms with van der Waals surface area (Å²) >= 11 is 1.15. The molecule has 0 bridgehead atoms. The summed E-state index contributed by atoms with van der Waals surface area (Å²) in [6, 6.07) is 21.5. The molecule has 0 radical (unpaired) electrons. The molecule has 3 heterocycles. The highest BCUT2D eigenvalue weighted by Crippen LogP contribution is 2.42. The van der Waals surface area contributed by atoms with Crippen molar-refractivity contribution in [3.05, 3.63) is 137 Å². The lowest BCUT2D eigenvalue weighted by molar-refractivity contribution is -0.384. The number of nitro groups is 1. The molecule has 1 aliphatic rings. The van der Waals surface area contributed by atoms with Crippen LogP contribution in [0.5, 0.6) is 11.5 Å². The van der Waals surface area contributed by atoms with E-state index in [1.54, 1.807) is 56.3 Å². The van der Waals surface area contributed by atoms with Crippen LogP contribution in [0.1, 0.15) is 35.4 Å². The van der Waals surface area contributed by atoms with Gasteiger partial charge < -0.3 is 18.6 Å². The van der Waals surface area contributed by atoms with Crippen LogP contribution in [0.4, 0.5) is 5.69 Å². The number of esters is 1. The summed E-state index contributed by atoms with van der Waals surface area (Å²) in [7, 11) is 3.01. The second kappa shape index (κ2) is 12.9. The Bertz CT molecular complexity index is 2230. The van der Waals surface area contributed by atoms with Crippen molar-refractivity contribution in [2.45, 2.75) is 19.9 Å². The number of non-ortho nitro benzene ring substituents is 1. The van der Waals surface area contributed by atoms with Gasteiger partial charge in [-0.05, 0) is 43.7 Å². The highest BCUT2D eigenvalue weighted by molar-refractivity contribution is 7.07. The van der Waals surface area contributed by atoms with Crippen molar-refractivity contribution in [2.24, 2.45) is 4.99 Å². The number of carbonyl (C=O) groups excluding carboxylic acids is 1. The van der Waals surface area contributed by atoms with E-state index in [4.69, 9.17) is 23.6 Å². The molecule has 0 amide bonds. The number of hydrogen-bond donors (Lipinski definition) is 0. The lowest BCUT2D eigenvalue weighted by atomic mass is 9.92. The topological polar surface area (TPSA) is 135 Å². The summed E-state index contributed by atoms with van der Waals surface area (Å²) in [6.45, 7) is 3.60. The highest BCUT2D eigenvalue weighted by Gasteiger charge is 2.37. The van der Waals surface area contributed by atoms with Crippen LogP contribution in [-0.2, 0) is 9.53 Å². The zero-order valence-electron chi connectivity index (χ0n) is 25.9. The minimum absolute atomic E-state index is 0.0154. The van der Waals surface area contributed by atoms with Crippen LogP contribution in [0.15, 0.2) is 98.6 Å². The number of methoxy groups -OCH3 is 2. The van der Waals surface area contributed by atoms with E-state index >= 15 is 0 Å². The minimum atomic E-state index is -0.970. The average molecular weight is 652 g/mol. The fraction of sp³-hybridized carbons (Fsp3) is 0.171. The van der Waals surface area contributed by atoms with Crippen LogP contribution in [0.2, 0.25) is 0 Å². The predicted molar refractivity (Wildman–Crippen MR) is 176 cm³/mol. The third-order valence-corrected chi connectivity index (χ3v) is 8.67. The van der Waals surface area contributed by atoms with Crippen LogP contribution in [0.3, 0.4) is 0 Å². The SMILES string of the molecule is CCOC(=O)C1=C(c2ccccc2)N=c2s/c(=C\c3ccc(-c4ccc([N+](=O)[O-])cc4C)o3)c(=O)n2[C@H]1c1cccc(OC)c1OC. The number of aryl methyl sites for hydroxylation is 1. The fourth-order valence-corrected chi connectivity index (χ4v) is 6.59. The number of para-hydroxylation sites is 1. The number of thiazole rings is 1. The number of benzene rings is 3. The van der Waals surface area contributed by atoms with Crippen molar-refractivity contribution in [3.8, 4) is 22.8 Å². The van der Waals surface area contributed by atoms with E-state index in [1.807, 2.05) is 30.3 Å². The van der Waals surface area contributed by atoms with Gasteiger partial charge in [0.25, 0.3) is 11.2 Å². The van der Waals surface area contributed by atoms with Gasteiger partial charge in [0.1, 0.15) is 17.6 Å². The Morgan fingerprint density at radius 1 is 1.06 bits per heavy atom. The lowest BCUT2D eigenvalue weighted by Crippen LogP contribution is -2.40. The molecule has 6 rings (SSSR count). The lowest BCUT2D eigenvalue weighted by Gasteiger charge is -2.27. The maximum absolute atomic E-state index is 14.3. The molecule has 0 saturated heterocycles. The number of fused-ring (bicyclic) bond motifs is 1. The standard InChI is InChI=1S/C35H29N3O8S/c1-5-45-34(40)29-30(21-10-7-6-8-11-21)36-35-37(31(29)25-12-9-13-27(43-3)32(25)44-4)33(39)28(47-35)19-23-15-17-26(46-23)24-16-14-22(38(41)42)18-20(24)2/h6-19,31H,5H2,1-4H3/b28-19-/t31-/m0/s1. The number of hydrogen-bond acceptors (Lipinski definition) is 10. The predicted octanol–water partition coefficient (Wildman–Crippen LogP) is 5.43. The Kier molecular flexibility index (Phi) is 8.59. The zero-order chi connectivity index (χ0) is 33.2. The molecule has 0 saturated carbocycles. The number of carbonyl (C=O) groups is 1. The molecule has 0 unspecified atom stereocenters. The van der Waals surface area contributed by atoms with E-state index < -0.39 is 22.5 Å². The molecule has 0 N–H and O–H groups in total. The first-order valence-corrected chi connectivity index (χ1v) is 15.4. The summed E-state index contributed by atoms with van der Waals surface area (Å²) in [5, 5.41) is 11.2. The zero-order valence-corrected chi connectivity index (χ0v) is 26.7. The molecular weight excluding hydrogens is 622 g/mol. The number of ether oxygens (including phenoxy) is 3. The van der Waals surface area contributed by atoms with E-state index in [0.29, 0.717) is 60.3 Å². The number of aromatic nitrogens is 1. The van der Waals surface area contributed by atoms with Crippen molar-refractivity contribution in [1.82, 2.24) is 4.57 Å². The van der Waals surface area contributed by atoms with E-state index in [0.717, 1.165) is 11.3 Å². The van der Waals surface area contributed by atoms with Gasteiger partial charge >= 0.3 is 5.97 Å². The average Bonchev–Trinajstić information content (AvgIpc) is 3.67. The van der Waals surface area contributed by atoms with Crippen LogP contribution >= 0.6 is 11.3 Å². The van der Waals surface area contributed by atoms with Crippen molar-refractivity contribution in [2.75, 3.05) is 20.8 Å². The monoisotopic (exact) mass is 651 g/mol. The normalized spacial score (nSPS) is 14.4. The quantitative estimate of drug-likeness (QED) is 0.117. The Morgan fingerprint density at radius 2 is 1.85 bits per heavy atom. The number of nitrogens with zero attached hydrogens (tertiary/aromatic N) is 3. The van der Waals surface area contributed by atoms with Gasteiger partial charge in [-0.2, -0.15) is 0 Å². The molecule has 1 aliphatic heterocycles. The first-order valence-electron chi connectivity index (χ1n) is 14.6. The molecule has 238 valence electrons. The molecule has 0 spiro atoms. The van der Waals surface area contributed by atoms with E-state index in [2.05, 4.69) is 0 Å². The number of furan rings is 1. The van der Waals surface area contributed by atoms with Gasteiger partial charge in [0.15, 0.2) is 16.3 Å². The molecule has 3 aromatic carbocycles. The number of nitro benzene ring substituents is 1. The van der Waals surface area contributed by atoms with Crippen LogP contribution in [0.25, 0.3) is 23.1 Å². The summed E-state index contributed by atoms with van der Waals surface area (Å²) in [6.07, 6.45) is 1.62. The van der Waals surface area contributed by atoms with Gasteiger partial charge in [0, 0.05) is 34.9 Å². The van der Waals surface area contributed by atoms with Crippen LogP contribution in [0, 0.1) is 17.0 Å². The molecule has 0 fully saturated rings. The van der Waals surface area contributed by atoms with Crippen molar-refractivity contribution in [1.29, 1.82) is 0 Å². The van der Waals surface area contributed by atoms with Crippen LogP contribution in [-0.4, -0.2) is 36.3 Å². The third-order valence-electron chi connectivity index (χ3n) is 7.69. The number of rotatable bonds is 9. The largest absolute Gasteiger partial charge is 0.493 e. The maximum Gasteiger partial charge on any atom is 0.338 e. The summed E-state index contributed by atoms with van der Waals surface area (Å²) in [5.74, 6) is 1.06. The van der Waals surface area contributed by atoms with Gasteiger partial charge in [-0.25, -0.2) is 9.79 Å². The smallest absolute Gasteiger partial charge is 0.338 e. The Balaban J connectivity index is 1.57. The second-order valence-corrected chi connectivity index (χ2v) is 11.5. The van der Waals surface area contributed by atoms with Crippen molar-refractivity contribution < 1.29 is 28.3 Å². The minimum Gasteiger partial charge on any atom is -0.493 e. The van der Waals surface area contributed by atoms with Crippen LogP contribution < -0.4 is 24.4 Å². The van der Waals surface area contributed by atoms with E-state index in [-0.39, 0.29) is 17.9 Å². The summed E-state index contributed by atoms with van der Waals surface area (Å²) < 4.78 is 24.8. The summed E-state index contributed by atoms with van der Waals surface area (Å²) in [5.41, 5.74) is 2.69. The Morgan fingerprint density at radius 3 is 2.53 bits per heavy atom. The highest BCUT2D eigenvalue weighted by atomic mass is 32.1. The first kappa shape index (κ1) is 31.2. The molecule has 1 atom stereocenters. The van der Waals surface area contributed by atoms with E-state index in [9.17, 15) is 19.7 Å². The third kappa shape index (κ3) is 5.74. The van der Waals surface area contributed by atoms with Crippen molar-refractivity contribution in [3.63, 3.8) is 0 Å². The molecule has 2 aromatic heterocycles. The maximum atomic E-state index is 14.3. The molecule has 11 nitrogen and oxygen atoms in total. The van der Waals surface area contributed by atoms with Crippen molar-refractivity contribution >= 4 is 34.8 Å². The van der Waals surface area contributed by atoms with Gasteiger partial charge in [0.05, 0.1) is 41.6 Å². The van der Waals surface area contributed by atoms with Gasteiger partial charge in [-0.15, -0.1) is 0 Å². The van der Waals surface area contributed by atoms with Gasteiger partial charge in [0.2, 0.25) is 0 Å². The molecule has 47 heavy (non-hydrogen) atoms. The first-order chi connectivity index (χ1) is 22.7. The summed E-state index contributed by atoms with van der Waals surface area (Å²) in [4.78, 5) is 44.0. The molecule has 5 aromatic rings. The molecular formula is C35H29N3O8S. The second-order valence-electron chi connectivity index (χ2n) is 10.5. The fourth-order valence-electron chi connectivity index (χ4n) is 5.60. The van der Waals surface area contributed by atoms with Gasteiger partial charge in [-0.1, -0.05) is 53.8 Å². The van der Waals surface area contributed by atoms with E-state index in [1.165, 1.54) is 30.9 Å². The molecule has 0 aliphatic carbocycles. The van der Waals surface area contributed by atoms with Gasteiger partial charge in [-0.3, -0.25) is 19.5 Å².